The quantitative estimate of drug-likeness (QED) is 0.788. The van der Waals surface area contributed by atoms with Gasteiger partial charge in [-0.1, -0.05) is 12.8 Å². The van der Waals surface area contributed by atoms with Gasteiger partial charge >= 0.3 is 5.97 Å². The van der Waals surface area contributed by atoms with Crippen LogP contribution in [0.25, 0.3) is 0 Å². The fourth-order valence-electron chi connectivity index (χ4n) is 3.66. The van der Waals surface area contributed by atoms with E-state index in [1.165, 1.54) is 13.2 Å². The number of hydrogen-bond donors (Lipinski definition) is 0. The van der Waals surface area contributed by atoms with Gasteiger partial charge in [0.2, 0.25) is 0 Å². The molecular weight excluding hydrogens is 294 g/mol. The maximum atomic E-state index is 12.7. The van der Waals surface area contributed by atoms with E-state index in [0.29, 0.717) is 12.3 Å². The van der Waals surface area contributed by atoms with E-state index in [1.807, 2.05) is 0 Å². The summed E-state index contributed by atoms with van der Waals surface area (Å²) >= 11 is 5.75. The van der Waals surface area contributed by atoms with Gasteiger partial charge in [0.25, 0.3) is 5.91 Å². The Bertz CT molecular complexity index is 556. The number of amides is 1. The first-order valence-corrected chi connectivity index (χ1v) is 7.65. The van der Waals surface area contributed by atoms with Gasteiger partial charge in [-0.05, 0) is 48.9 Å². The van der Waals surface area contributed by atoms with Crippen molar-refractivity contribution in [1.29, 1.82) is 0 Å². The van der Waals surface area contributed by atoms with Crippen LogP contribution in [0.5, 0.6) is 0 Å². The van der Waals surface area contributed by atoms with Gasteiger partial charge in [-0.2, -0.15) is 0 Å². The number of nitrogens with zero attached hydrogens (tertiary/aromatic N) is 1. The Hall–Kier alpha value is -1.49. The van der Waals surface area contributed by atoms with Gasteiger partial charge < -0.3 is 14.1 Å². The molecule has 0 spiro atoms. The van der Waals surface area contributed by atoms with E-state index in [9.17, 15) is 9.59 Å². The first-order chi connectivity index (χ1) is 10.1. The number of likely N-dealkylation sites (tertiary alicyclic amines) is 1. The summed E-state index contributed by atoms with van der Waals surface area (Å²) in [4.78, 5) is 26.4. The zero-order chi connectivity index (χ0) is 15.0. The van der Waals surface area contributed by atoms with Crippen molar-refractivity contribution in [3.63, 3.8) is 0 Å². The minimum atomic E-state index is -0.514. The maximum absolute atomic E-state index is 12.7. The van der Waals surface area contributed by atoms with Crippen molar-refractivity contribution in [3.8, 4) is 0 Å². The molecule has 2 heterocycles. The molecule has 0 aromatic carbocycles. The average molecular weight is 312 g/mol. The van der Waals surface area contributed by atoms with Crippen LogP contribution in [0.15, 0.2) is 16.5 Å². The van der Waals surface area contributed by atoms with Crippen molar-refractivity contribution in [1.82, 2.24) is 4.90 Å². The van der Waals surface area contributed by atoms with E-state index in [4.69, 9.17) is 20.8 Å². The Labute approximate surface area is 128 Å². The number of carbonyl (C=O) groups is 2. The topological polar surface area (TPSA) is 59.8 Å². The number of hydrogen-bond acceptors (Lipinski definition) is 4. The summed E-state index contributed by atoms with van der Waals surface area (Å²) in [5.41, 5.74) is 0. The Kier molecular flexibility index (Phi) is 3.93. The lowest BCUT2D eigenvalue weighted by Crippen LogP contribution is -2.46. The number of rotatable bonds is 2. The largest absolute Gasteiger partial charge is 0.467 e. The van der Waals surface area contributed by atoms with Crippen molar-refractivity contribution < 1.29 is 18.7 Å². The second-order valence-corrected chi connectivity index (χ2v) is 6.08. The molecule has 1 aromatic rings. The van der Waals surface area contributed by atoms with Crippen LogP contribution in [-0.4, -0.2) is 36.0 Å². The summed E-state index contributed by atoms with van der Waals surface area (Å²) in [6.07, 6.45) is 4.90. The molecule has 5 nitrogen and oxygen atoms in total. The number of carbonyl (C=O) groups excluding carboxylic acids is 2. The summed E-state index contributed by atoms with van der Waals surface area (Å²) < 4.78 is 10.1. The number of furan rings is 1. The monoisotopic (exact) mass is 311 g/mol. The molecule has 6 heteroatoms. The molecule has 1 aliphatic heterocycles. The van der Waals surface area contributed by atoms with Gasteiger partial charge in [-0.25, -0.2) is 4.79 Å². The average Bonchev–Trinajstić information content (AvgIpc) is 3.09. The summed E-state index contributed by atoms with van der Waals surface area (Å²) in [6, 6.07) is 2.67. The van der Waals surface area contributed by atoms with Crippen LogP contribution < -0.4 is 0 Å². The number of esters is 1. The van der Waals surface area contributed by atoms with Crippen LogP contribution in [0.1, 0.15) is 42.7 Å². The van der Waals surface area contributed by atoms with Crippen molar-refractivity contribution in [2.75, 3.05) is 7.11 Å². The second kappa shape index (κ2) is 5.72. The molecule has 21 heavy (non-hydrogen) atoms. The lowest BCUT2D eigenvalue weighted by Gasteiger charge is -2.32. The van der Waals surface area contributed by atoms with Crippen LogP contribution >= 0.6 is 11.6 Å². The number of halogens is 1. The van der Waals surface area contributed by atoms with Crippen molar-refractivity contribution in [3.05, 3.63) is 23.1 Å². The predicted octanol–water partition coefficient (Wildman–Crippen LogP) is 2.88. The molecule has 0 bridgehead atoms. The Morgan fingerprint density at radius 3 is 2.76 bits per heavy atom. The molecule has 0 radical (unpaired) electrons. The maximum Gasteiger partial charge on any atom is 0.328 e. The van der Waals surface area contributed by atoms with Crippen LogP contribution in [0.4, 0.5) is 0 Å². The third-order valence-electron chi connectivity index (χ3n) is 4.58. The van der Waals surface area contributed by atoms with Gasteiger partial charge in [-0.3, -0.25) is 4.79 Å². The zero-order valence-corrected chi connectivity index (χ0v) is 12.6. The van der Waals surface area contributed by atoms with Crippen LogP contribution in [0.2, 0.25) is 5.22 Å². The van der Waals surface area contributed by atoms with Crippen molar-refractivity contribution in [2.24, 2.45) is 5.92 Å². The Morgan fingerprint density at radius 1 is 1.33 bits per heavy atom. The molecule has 0 N–H and O–H groups in total. The minimum absolute atomic E-state index is 0.0965. The highest BCUT2D eigenvalue weighted by Gasteiger charge is 2.48. The van der Waals surface area contributed by atoms with E-state index in [1.54, 1.807) is 11.0 Å². The predicted molar refractivity (Wildman–Crippen MR) is 76.1 cm³/mol. The van der Waals surface area contributed by atoms with Gasteiger partial charge in [0.1, 0.15) is 6.04 Å². The third-order valence-corrected chi connectivity index (χ3v) is 4.78. The van der Waals surface area contributed by atoms with E-state index >= 15 is 0 Å². The Balaban J connectivity index is 1.90. The summed E-state index contributed by atoms with van der Waals surface area (Å²) in [7, 11) is 1.36. The molecule has 1 aromatic heterocycles. The smallest absolute Gasteiger partial charge is 0.328 e. The van der Waals surface area contributed by atoms with Crippen LogP contribution in [0.3, 0.4) is 0 Å². The molecule has 2 aliphatic rings. The fourth-order valence-corrected chi connectivity index (χ4v) is 3.80. The lowest BCUT2D eigenvalue weighted by atomic mass is 9.84. The summed E-state index contributed by atoms with van der Waals surface area (Å²) in [5.74, 6) is -0.0699. The normalized spacial score (nSPS) is 28.3. The van der Waals surface area contributed by atoms with Crippen LogP contribution in [0, 0.1) is 5.92 Å². The first-order valence-electron chi connectivity index (χ1n) is 7.27. The molecule has 0 unspecified atom stereocenters. The first kappa shape index (κ1) is 14.4. The highest BCUT2D eigenvalue weighted by Crippen LogP contribution is 2.41. The van der Waals surface area contributed by atoms with Gasteiger partial charge in [0, 0.05) is 6.04 Å². The molecule has 3 atom stereocenters. The molecule has 1 aliphatic carbocycles. The van der Waals surface area contributed by atoms with Crippen molar-refractivity contribution in [2.45, 2.75) is 44.2 Å². The number of fused-ring (bicyclic) bond motifs is 1. The number of ether oxygens (including phenoxy) is 1. The fraction of sp³-hybridized carbons (Fsp3) is 0.600. The second-order valence-electron chi connectivity index (χ2n) is 5.70. The van der Waals surface area contributed by atoms with Gasteiger partial charge in [0.15, 0.2) is 11.0 Å². The standard InChI is InChI=1S/C15H18ClNO4/c1-20-15(19)11-8-9-4-2-3-5-10(9)17(11)14(18)12-6-7-13(16)21-12/h6-7,9-11H,2-5,8H2,1H3/t9-,10-,11-/m0/s1. The van der Waals surface area contributed by atoms with E-state index in [0.717, 1.165) is 25.7 Å². The number of methoxy groups -OCH3 is 1. The van der Waals surface area contributed by atoms with Crippen LogP contribution in [-0.2, 0) is 9.53 Å². The van der Waals surface area contributed by atoms with Crippen molar-refractivity contribution >= 4 is 23.5 Å². The van der Waals surface area contributed by atoms with E-state index in [-0.39, 0.29) is 28.9 Å². The molecule has 1 saturated heterocycles. The molecule has 114 valence electrons. The molecule has 1 amide bonds. The third kappa shape index (κ3) is 2.55. The lowest BCUT2D eigenvalue weighted by molar-refractivity contribution is -0.145. The highest BCUT2D eigenvalue weighted by atomic mass is 35.5. The highest BCUT2D eigenvalue weighted by molar-refractivity contribution is 6.29. The molecular formula is C15H18ClNO4. The van der Waals surface area contributed by atoms with Gasteiger partial charge in [0.05, 0.1) is 7.11 Å². The molecule has 2 fully saturated rings. The summed E-state index contributed by atoms with van der Waals surface area (Å²) in [6.45, 7) is 0. The zero-order valence-electron chi connectivity index (χ0n) is 11.9. The molecule has 3 rings (SSSR count). The van der Waals surface area contributed by atoms with E-state index in [2.05, 4.69) is 0 Å². The Morgan fingerprint density at radius 2 is 2.10 bits per heavy atom. The summed E-state index contributed by atoms with van der Waals surface area (Å²) in [5, 5.41) is 0.173. The van der Waals surface area contributed by atoms with E-state index < -0.39 is 6.04 Å². The minimum Gasteiger partial charge on any atom is -0.467 e. The SMILES string of the molecule is COC(=O)[C@@H]1C[C@@H]2CCCC[C@@H]2N1C(=O)c1ccc(Cl)o1. The van der Waals surface area contributed by atoms with Gasteiger partial charge in [-0.15, -0.1) is 0 Å². The molecule has 1 saturated carbocycles.